The van der Waals surface area contributed by atoms with Crippen LogP contribution in [0.2, 0.25) is 5.02 Å². The average Bonchev–Trinajstić information content (AvgIpc) is 2.59. The molecule has 0 radical (unpaired) electrons. The van der Waals surface area contributed by atoms with Gasteiger partial charge >= 0.3 is 6.03 Å². The summed E-state index contributed by atoms with van der Waals surface area (Å²) in [6, 6.07) is 11.4. The zero-order valence-corrected chi connectivity index (χ0v) is 15.3. The largest absolute Gasteiger partial charge is 0.488 e. The molecule has 0 aromatic heterocycles. The number of hydrogen-bond acceptors (Lipinski definition) is 2. The van der Waals surface area contributed by atoms with Gasteiger partial charge < -0.3 is 10.1 Å². The minimum absolute atomic E-state index is 0.206. The number of ether oxygens (including phenoxy) is 1. The van der Waals surface area contributed by atoms with Gasteiger partial charge in [-0.05, 0) is 42.7 Å². The third-order valence-corrected chi connectivity index (χ3v) is 4.35. The van der Waals surface area contributed by atoms with Gasteiger partial charge in [0.15, 0.2) is 0 Å². The first-order chi connectivity index (χ1) is 11.5. The van der Waals surface area contributed by atoms with Crippen LogP contribution in [0, 0.1) is 6.92 Å². The first kappa shape index (κ1) is 18.1. The van der Waals surface area contributed by atoms with Crippen LogP contribution in [-0.4, -0.2) is 20.1 Å². The van der Waals surface area contributed by atoms with Gasteiger partial charge in [-0.3, -0.25) is 4.90 Å². The number of anilines is 1. The number of amides is 2. The van der Waals surface area contributed by atoms with E-state index in [4.69, 9.17) is 16.3 Å². The quantitative estimate of drug-likeness (QED) is 0.861. The Bertz CT molecular complexity index is 731. The van der Waals surface area contributed by atoms with E-state index in [0.717, 1.165) is 29.0 Å². The van der Waals surface area contributed by atoms with Gasteiger partial charge in [0.1, 0.15) is 12.4 Å². The van der Waals surface area contributed by atoms with Crippen molar-refractivity contribution in [2.45, 2.75) is 26.9 Å². The highest BCUT2D eigenvalue weighted by Crippen LogP contribution is 2.29. The van der Waals surface area contributed by atoms with Crippen LogP contribution in [-0.2, 0) is 13.0 Å². The molecule has 0 unspecified atom stereocenters. The van der Waals surface area contributed by atoms with Crippen molar-refractivity contribution in [3.05, 3.63) is 58.1 Å². The number of nitrogens with one attached hydrogen (secondary N) is 1. The summed E-state index contributed by atoms with van der Waals surface area (Å²) in [6.07, 6.45) is 0.993. The zero-order chi connectivity index (χ0) is 17.7. The molecule has 0 heterocycles. The summed E-state index contributed by atoms with van der Waals surface area (Å²) >= 11 is 6.34. The van der Waals surface area contributed by atoms with Gasteiger partial charge in [0.05, 0.1) is 5.69 Å². The van der Waals surface area contributed by atoms with E-state index < -0.39 is 0 Å². The van der Waals surface area contributed by atoms with Crippen LogP contribution in [0.3, 0.4) is 0 Å². The molecule has 2 aromatic carbocycles. The fourth-order valence-corrected chi connectivity index (χ4v) is 2.75. The van der Waals surface area contributed by atoms with Gasteiger partial charge in [-0.1, -0.05) is 36.7 Å². The Hall–Kier alpha value is -2.20. The van der Waals surface area contributed by atoms with E-state index in [1.807, 2.05) is 25.1 Å². The van der Waals surface area contributed by atoms with E-state index in [1.54, 1.807) is 20.2 Å². The Morgan fingerprint density at radius 1 is 1.29 bits per heavy atom. The Morgan fingerprint density at radius 2 is 2.04 bits per heavy atom. The van der Waals surface area contributed by atoms with Crippen molar-refractivity contribution in [1.82, 2.24) is 5.32 Å². The second kappa shape index (κ2) is 8.06. The second-order valence-electron chi connectivity index (χ2n) is 5.59. The van der Waals surface area contributed by atoms with Crippen LogP contribution >= 0.6 is 11.6 Å². The van der Waals surface area contributed by atoms with Crippen molar-refractivity contribution in [3.8, 4) is 5.75 Å². The molecule has 5 heteroatoms. The van der Waals surface area contributed by atoms with Gasteiger partial charge in [-0.2, -0.15) is 0 Å². The summed E-state index contributed by atoms with van der Waals surface area (Å²) in [5.74, 6) is 0.820. The molecule has 0 bridgehead atoms. The van der Waals surface area contributed by atoms with E-state index in [-0.39, 0.29) is 6.03 Å². The maximum absolute atomic E-state index is 11.9. The molecule has 1 N–H and O–H groups in total. The van der Waals surface area contributed by atoms with Crippen molar-refractivity contribution in [2.24, 2.45) is 0 Å². The normalized spacial score (nSPS) is 10.4. The number of rotatable bonds is 5. The molecule has 4 nitrogen and oxygen atoms in total. The number of hydrogen-bond donors (Lipinski definition) is 1. The van der Waals surface area contributed by atoms with E-state index in [9.17, 15) is 4.79 Å². The number of aryl methyl sites for hydroxylation is 2. The number of carbonyl (C=O) groups is 1. The van der Waals surface area contributed by atoms with Crippen molar-refractivity contribution in [2.75, 3.05) is 19.0 Å². The summed E-state index contributed by atoms with van der Waals surface area (Å²) in [5, 5.41) is 3.18. The Kier molecular flexibility index (Phi) is 6.10. The first-order valence-corrected chi connectivity index (χ1v) is 8.30. The summed E-state index contributed by atoms with van der Waals surface area (Å²) in [5.41, 5.74) is 3.87. The summed E-state index contributed by atoms with van der Waals surface area (Å²) in [7, 11) is 3.30. The smallest absolute Gasteiger partial charge is 0.321 e. The highest BCUT2D eigenvalue weighted by molar-refractivity contribution is 6.31. The van der Waals surface area contributed by atoms with Gasteiger partial charge in [-0.15, -0.1) is 0 Å². The molecular formula is C19H23ClN2O2. The van der Waals surface area contributed by atoms with Gasteiger partial charge in [0, 0.05) is 24.7 Å². The fraction of sp³-hybridized carbons (Fsp3) is 0.316. The summed E-state index contributed by atoms with van der Waals surface area (Å²) in [4.78, 5) is 13.4. The lowest BCUT2D eigenvalue weighted by Gasteiger charge is -2.21. The number of carbonyl (C=O) groups excluding carboxylic acids is 1. The second-order valence-corrected chi connectivity index (χ2v) is 6.00. The van der Waals surface area contributed by atoms with Gasteiger partial charge in [0.2, 0.25) is 0 Å². The predicted octanol–water partition coefficient (Wildman–Crippen LogP) is 4.57. The molecule has 128 valence electrons. The molecule has 0 aliphatic heterocycles. The van der Waals surface area contributed by atoms with Crippen LogP contribution in [0.25, 0.3) is 0 Å². The number of halogens is 1. The lowest BCUT2D eigenvalue weighted by Crippen LogP contribution is -2.35. The maximum atomic E-state index is 11.9. The topological polar surface area (TPSA) is 41.6 Å². The molecule has 2 rings (SSSR count). The molecule has 0 fully saturated rings. The van der Waals surface area contributed by atoms with Crippen LogP contribution < -0.4 is 15.0 Å². The fourth-order valence-electron chi connectivity index (χ4n) is 2.52. The average molecular weight is 347 g/mol. The lowest BCUT2D eigenvalue weighted by atomic mass is 10.1. The SMILES string of the molecule is CCc1ccc(OCc2c(Cl)cccc2N(C)C(=O)NC)c(C)c1. The molecule has 0 saturated carbocycles. The van der Waals surface area contributed by atoms with Crippen molar-refractivity contribution < 1.29 is 9.53 Å². The lowest BCUT2D eigenvalue weighted by molar-refractivity contribution is 0.249. The summed E-state index contributed by atoms with van der Waals surface area (Å²) in [6.45, 7) is 4.45. The van der Waals surface area contributed by atoms with Crippen LogP contribution in [0.15, 0.2) is 36.4 Å². The van der Waals surface area contributed by atoms with E-state index in [2.05, 4.69) is 24.4 Å². The first-order valence-electron chi connectivity index (χ1n) is 7.93. The van der Waals surface area contributed by atoms with E-state index in [0.29, 0.717) is 11.6 Å². The third-order valence-electron chi connectivity index (χ3n) is 3.99. The number of benzene rings is 2. The van der Waals surface area contributed by atoms with Crippen molar-refractivity contribution in [3.63, 3.8) is 0 Å². The monoisotopic (exact) mass is 346 g/mol. The van der Waals surface area contributed by atoms with Crippen LogP contribution in [0.1, 0.15) is 23.6 Å². The molecule has 2 amide bonds. The number of urea groups is 1. The van der Waals surface area contributed by atoms with Crippen molar-refractivity contribution in [1.29, 1.82) is 0 Å². The maximum Gasteiger partial charge on any atom is 0.321 e. The zero-order valence-electron chi connectivity index (χ0n) is 14.5. The molecule has 24 heavy (non-hydrogen) atoms. The Labute approximate surface area is 148 Å². The molecule has 0 saturated heterocycles. The minimum atomic E-state index is -0.206. The van der Waals surface area contributed by atoms with Crippen molar-refractivity contribution >= 4 is 23.3 Å². The van der Waals surface area contributed by atoms with Gasteiger partial charge in [0.25, 0.3) is 0 Å². The Balaban J connectivity index is 2.25. The van der Waals surface area contributed by atoms with Crippen LogP contribution in [0.5, 0.6) is 5.75 Å². The molecule has 2 aromatic rings. The van der Waals surface area contributed by atoms with Crippen LogP contribution in [0.4, 0.5) is 10.5 Å². The molecule has 0 spiro atoms. The summed E-state index contributed by atoms with van der Waals surface area (Å²) < 4.78 is 5.96. The highest BCUT2D eigenvalue weighted by atomic mass is 35.5. The van der Waals surface area contributed by atoms with Gasteiger partial charge in [-0.25, -0.2) is 4.79 Å². The molecular weight excluding hydrogens is 324 g/mol. The molecule has 0 aliphatic carbocycles. The highest BCUT2D eigenvalue weighted by Gasteiger charge is 2.16. The minimum Gasteiger partial charge on any atom is -0.488 e. The molecule has 0 aliphatic rings. The molecule has 0 atom stereocenters. The standard InChI is InChI=1S/C19H23ClN2O2/c1-5-14-9-10-18(13(2)11-14)24-12-15-16(20)7-6-8-17(15)22(4)19(23)21-3/h6-11H,5,12H2,1-4H3,(H,21,23). The predicted molar refractivity (Wildman–Crippen MR) is 99.2 cm³/mol. The Morgan fingerprint density at radius 3 is 2.67 bits per heavy atom. The van der Waals surface area contributed by atoms with E-state index >= 15 is 0 Å². The van der Waals surface area contributed by atoms with E-state index in [1.165, 1.54) is 10.5 Å². The number of nitrogens with zero attached hydrogens (tertiary/aromatic N) is 1. The third kappa shape index (κ3) is 4.01.